The quantitative estimate of drug-likeness (QED) is 0.500. The molecule has 11 heteroatoms. The second-order valence-electron chi connectivity index (χ2n) is 12.8. The van der Waals surface area contributed by atoms with Crippen LogP contribution in [0.1, 0.15) is 82.6 Å². The summed E-state index contributed by atoms with van der Waals surface area (Å²) in [6, 6.07) is 9.27. The summed E-state index contributed by atoms with van der Waals surface area (Å²) < 4.78 is 15.8. The number of piperazine rings is 1. The van der Waals surface area contributed by atoms with E-state index in [1.165, 1.54) is 28.8 Å². The number of carbonyl (C=O) groups is 5. The fourth-order valence-electron chi connectivity index (χ4n) is 6.70. The summed E-state index contributed by atoms with van der Waals surface area (Å²) in [6.45, 7) is 7.37. The Bertz CT molecular complexity index is 1610. The molecule has 9 nitrogen and oxygen atoms in total. The van der Waals surface area contributed by atoms with Crippen LogP contribution >= 0.6 is 11.6 Å². The van der Waals surface area contributed by atoms with Crippen LogP contribution in [0.25, 0.3) is 5.57 Å². The third kappa shape index (κ3) is 5.57. The predicted octanol–water partition coefficient (Wildman–Crippen LogP) is 4.30. The van der Waals surface area contributed by atoms with Gasteiger partial charge in [-0.1, -0.05) is 43.2 Å². The van der Waals surface area contributed by atoms with E-state index < -0.39 is 47.0 Å². The summed E-state index contributed by atoms with van der Waals surface area (Å²) in [5, 5.41) is 2.82. The van der Waals surface area contributed by atoms with E-state index >= 15 is 4.39 Å². The van der Waals surface area contributed by atoms with Crippen molar-refractivity contribution >= 4 is 46.7 Å². The van der Waals surface area contributed by atoms with Crippen LogP contribution in [0.15, 0.2) is 42.0 Å². The van der Waals surface area contributed by atoms with Gasteiger partial charge in [-0.25, -0.2) is 4.39 Å². The average Bonchev–Trinajstić information content (AvgIpc) is 3.24. The normalized spacial score (nSPS) is 22.4. The standard InChI is InChI=1S/C33H34ClFN4O5/c1-33(2)12-11-20(24(17-33)19-3-5-21(34)6-4-19)18-37-13-15-38(16-14-37)30(42)23-8-7-22-27(28(23)35)32(44)39(31(22)43)25-9-10-26(40)36-29(25)41/h3-8,25H,9-18H2,1-2H3,(H,36,40,41). The number of nitrogens with one attached hydrogen (secondary N) is 1. The maximum atomic E-state index is 15.8. The topological polar surface area (TPSA) is 107 Å². The number of fused-ring (bicyclic) bond motifs is 1. The molecule has 5 amide bonds. The average molecular weight is 621 g/mol. The summed E-state index contributed by atoms with van der Waals surface area (Å²) in [5.74, 6) is -4.68. The van der Waals surface area contributed by atoms with Crippen LogP contribution in [0.4, 0.5) is 4.39 Å². The van der Waals surface area contributed by atoms with Gasteiger partial charge in [0.05, 0.1) is 16.7 Å². The second-order valence-corrected chi connectivity index (χ2v) is 13.2. The fraction of sp³-hybridized carbons (Fsp3) is 0.424. The zero-order valence-corrected chi connectivity index (χ0v) is 25.5. The first-order valence-electron chi connectivity index (χ1n) is 15.0. The van der Waals surface area contributed by atoms with Gasteiger partial charge in [0.25, 0.3) is 17.7 Å². The zero-order chi connectivity index (χ0) is 31.3. The molecule has 0 aromatic heterocycles. The number of hydrogen-bond acceptors (Lipinski definition) is 6. The van der Waals surface area contributed by atoms with Crippen molar-refractivity contribution in [2.75, 3.05) is 32.7 Å². The number of benzene rings is 2. The van der Waals surface area contributed by atoms with Crippen LogP contribution in [-0.2, 0) is 9.59 Å². The molecule has 3 heterocycles. The summed E-state index contributed by atoms with van der Waals surface area (Å²) in [6.07, 6.45) is 2.98. The van der Waals surface area contributed by atoms with E-state index in [9.17, 15) is 24.0 Å². The third-order valence-electron chi connectivity index (χ3n) is 9.23. The molecule has 2 aromatic carbocycles. The largest absolute Gasteiger partial charge is 0.336 e. The summed E-state index contributed by atoms with van der Waals surface area (Å²) in [5.41, 5.74) is 3.13. The van der Waals surface area contributed by atoms with E-state index in [0.29, 0.717) is 36.1 Å². The van der Waals surface area contributed by atoms with E-state index in [-0.39, 0.29) is 29.4 Å². The summed E-state index contributed by atoms with van der Waals surface area (Å²) in [4.78, 5) is 68.1. The minimum Gasteiger partial charge on any atom is -0.336 e. The van der Waals surface area contributed by atoms with E-state index in [2.05, 4.69) is 36.2 Å². The first kappa shape index (κ1) is 30.1. The number of amides is 5. The zero-order valence-electron chi connectivity index (χ0n) is 24.8. The number of piperidine rings is 1. The number of hydrogen-bond donors (Lipinski definition) is 1. The van der Waals surface area contributed by atoms with E-state index in [1.54, 1.807) is 4.90 Å². The number of allylic oxidation sites excluding steroid dienone is 1. The van der Waals surface area contributed by atoms with Crippen LogP contribution < -0.4 is 5.32 Å². The lowest BCUT2D eigenvalue weighted by Crippen LogP contribution is -2.54. The fourth-order valence-corrected chi connectivity index (χ4v) is 6.82. The first-order chi connectivity index (χ1) is 20.9. The minimum absolute atomic E-state index is 0.0380. The van der Waals surface area contributed by atoms with Crippen molar-refractivity contribution in [3.63, 3.8) is 0 Å². The number of carbonyl (C=O) groups excluding carboxylic acids is 5. The molecule has 6 rings (SSSR count). The van der Waals surface area contributed by atoms with Gasteiger partial charge in [0.15, 0.2) is 0 Å². The Labute approximate surface area is 260 Å². The lowest BCUT2D eigenvalue weighted by molar-refractivity contribution is -0.136. The van der Waals surface area contributed by atoms with Crippen molar-refractivity contribution in [3.8, 4) is 0 Å². The lowest BCUT2D eigenvalue weighted by atomic mass is 9.72. The monoisotopic (exact) mass is 620 g/mol. The Kier molecular flexibility index (Phi) is 7.92. The van der Waals surface area contributed by atoms with E-state index in [4.69, 9.17) is 11.6 Å². The highest BCUT2D eigenvalue weighted by Gasteiger charge is 2.47. The Hall–Kier alpha value is -3.89. The van der Waals surface area contributed by atoms with Crippen LogP contribution in [0, 0.1) is 11.2 Å². The van der Waals surface area contributed by atoms with Crippen molar-refractivity contribution in [2.24, 2.45) is 5.41 Å². The van der Waals surface area contributed by atoms with E-state index in [1.807, 2.05) is 12.1 Å². The molecule has 1 N–H and O–H groups in total. The number of halogens is 2. The van der Waals surface area contributed by atoms with Crippen molar-refractivity contribution < 1.29 is 28.4 Å². The Morgan fingerprint density at radius 3 is 2.36 bits per heavy atom. The Morgan fingerprint density at radius 1 is 0.977 bits per heavy atom. The molecular weight excluding hydrogens is 587 g/mol. The van der Waals surface area contributed by atoms with Crippen LogP contribution in [0.3, 0.4) is 0 Å². The molecular formula is C33H34ClFN4O5. The van der Waals surface area contributed by atoms with Crippen LogP contribution in [-0.4, -0.2) is 83.0 Å². The van der Waals surface area contributed by atoms with Gasteiger partial charge >= 0.3 is 0 Å². The van der Waals surface area contributed by atoms with Gasteiger partial charge < -0.3 is 4.90 Å². The van der Waals surface area contributed by atoms with Crippen molar-refractivity contribution in [3.05, 3.63) is 75.1 Å². The Balaban J connectivity index is 1.15. The number of rotatable bonds is 5. The molecule has 2 fully saturated rings. The molecule has 2 saturated heterocycles. The van der Waals surface area contributed by atoms with Gasteiger partial charge in [0.1, 0.15) is 11.9 Å². The highest BCUT2D eigenvalue weighted by atomic mass is 35.5. The lowest BCUT2D eigenvalue weighted by Gasteiger charge is -2.38. The molecule has 0 radical (unpaired) electrons. The molecule has 1 aliphatic carbocycles. The Morgan fingerprint density at radius 2 is 1.68 bits per heavy atom. The second kappa shape index (κ2) is 11.6. The smallest absolute Gasteiger partial charge is 0.265 e. The highest BCUT2D eigenvalue weighted by molar-refractivity contribution is 6.30. The maximum Gasteiger partial charge on any atom is 0.265 e. The molecule has 0 spiro atoms. The molecule has 230 valence electrons. The molecule has 3 aliphatic heterocycles. The first-order valence-corrected chi connectivity index (χ1v) is 15.3. The van der Waals surface area contributed by atoms with Gasteiger partial charge in [-0.2, -0.15) is 0 Å². The van der Waals surface area contributed by atoms with Gasteiger partial charge in [0, 0.05) is 44.2 Å². The van der Waals surface area contributed by atoms with Gasteiger partial charge in [-0.3, -0.25) is 39.1 Å². The van der Waals surface area contributed by atoms with Crippen LogP contribution in [0.5, 0.6) is 0 Å². The number of imide groups is 2. The molecule has 0 bridgehead atoms. The van der Waals surface area contributed by atoms with Crippen molar-refractivity contribution in [2.45, 2.75) is 52.0 Å². The third-order valence-corrected chi connectivity index (χ3v) is 9.48. The van der Waals surface area contributed by atoms with Crippen molar-refractivity contribution in [1.82, 2.24) is 20.0 Å². The van der Waals surface area contributed by atoms with Crippen molar-refractivity contribution in [1.29, 1.82) is 0 Å². The molecule has 1 unspecified atom stereocenters. The highest BCUT2D eigenvalue weighted by Crippen LogP contribution is 2.43. The van der Waals surface area contributed by atoms with Crippen LogP contribution in [0.2, 0.25) is 5.02 Å². The van der Waals surface area contributed by atoms with E-state index in [0.717, 1.165) is 25.8 Å². The molecule has 2 aromatic rings. The molecule has 4 aliphatic rings. The molecule has 44 heavy (non-hydrogen) atoms. The van der Waals surface area contributed by atoms with Gasteiger partial charge in [-0.05, 0) is 66.5 Å². The van der Waals surface area contributed by atoms with Gasteiger partial charge in [0.2, 0.25) is 11.8 Å². The minimum atomic E-state index is -1.21. The number of nitrogens with zero attached hydrogens (tertiary/aromatic N) is 3. The predicted molar refractivity (Wildman–Crippen MR) is 161 cm³/mol. The molecule has 0 saturated carbocycles. The SMILES string of the molecule is CC1(C)CCC(CN2CCN(C(=O)c3ccc4c(c3F)C(=O)N(C3CCC(=O)NC3=O)C4=O)CC2)=C(c2ccc(Cl)cc2)C1. The summed E-state index contributed by atoms with van der Waals surface area (Å²) >= 11 is 6.14. The summed E-state index contributed by atoms with van der Waals surface area (Å²) in [7, 11) is 0. The maximum absolute atomic E-state index is 15.8. The molecule has 1 atom stereocenters. The van der Waals surface area contributed by atoms with Gasteiger partial charge in [-0.15, -0.1) is 0 Å².